The van der Waals surface area contributed by atoms with Crippen molar-refractivity contribution in [3.63, 3.8) is 0 Å². The molecule has 0 saturated carbocycles. The summed E-state index contributed by atoms with van der Waals surface area (Å²) in [6, 6.07) is 0. The average molecular weight is 182 g/mol. The highest BCUT2D eigenvalue weighted by Crippen LogP contribution is 2.01. The molecule has 0 bridgehead atoms. The lowest BCUT2D eigenvalue weighted by Gasteiger charge is -1.92. The first-order valence-electron chi connectivity index (χ1n) is 5.07. The van der Waals surface area contributed by atoms with E-state index in [0.717, 1.165) is 19.1 Å². The first kappa shape index (κ1) is 14.7. The second kappa shape index (κ2) is 13.7. The third kappa shape index (κ3) is 14.1. The quantitative estimate of drug-likeness (QED) is 0.465. The molecule has 0 aromatic rings. The van der Waals surface area contributed by atoms with Gasteiger partial charge in [-0.15, -0.1) is 0 Å². The Kier molecular flexibility index (Phi) is 15.5. The second-order valence-corrected chi connectivity index (χ2v) is 2.55. The Hall–Kier alpha value is -0.850. The number of hydrogen-bond acceptors (Lipinski definition) is 1. The van der Waals surface area contributed by atoms with Crippen LogP contribution in [0.1, 0.15) is 47.0 Å². The zero-order chi connectivity index (χ0) is 10.5. The van der Waals surface area contributed by atoms with E-state index >= 15 is 0 Å². The van der Waals surface area contributed by atoms with E-state index in [2.05, 4.69) is 19.1 Å². The fraction of sp³-hybridized carbons (Fsp3) is 0.583. The van der Waals surface area contributed by atoms with Gasteiger partial charge in [-0.3, -0.25) is 0 Å². The molecule has 0 atom stereocenters. The highest BCUT2D eigenvalue weighted by atomic mass is 16.1. The molecule has 13 heavy (non-hydrogen) atoms. The van der Waals surface area contributed by atoms with Crippen molar-refractivity contribution in [2.45, 2.75) is 47.0 Å². The molecule has 0 unspecified atom stereocenters. The number of hydrogen-bond donors (Lipinski definition) is 0. The van der Waals surface area contributed by atoms with Crippen LogP contribution >= 0.6 is 0 Å². The normalized spacial score (nSPS) is 10.9. The minimum Gasteiger partial charge on any atom is -0.303 e. The molecule has 0 aromatic heterocycles. The van der Waals surface area contributed by atoms with Crippen molar-refractivity contribution in [3.8, 4) is 0 Å². The van der Waals surface area contributed by atoms with Crippen molar-refractivity contribution in [2.75, 3.05) is 0 Å². The van der Waals surface area contributed by atoms with Crippen LogP contribution in [-0.2, 0) is 4.79 Å². The van der Waals surface area contributed by atoms with Crippen LogP contribution in [0.5, 0.6) is 0 Å². The molecule has 0 saturated heterocycles. The molecule has 0 radical (unpaired) electrons. The van der Waals surface area contributed by atoms with Gasteiger partial charge < -0.3 is 4.79 Å². The summed E-state index contributed by atoms with van der Waals surface area (Å²) in [5.74, 6) is 0. The Morgan fingerprint density at radius 2 is 1.92 bits per heavy atom. The first-order valence-corrected chi connectivity index (χ1v) is 5.07. The molecule has 0 fully saturated rings. The third-order valence-corrected chi connectivity index (χ3v) is 1.41. The molecule has 0 aliphatic heterocycles. The standard InChI is InChI=1S/C10H16O.C2H6/c1-3-4-5-7-10(2)8-6-9-11;1-2/h4-5,7,9H,3,6,8H2,1-2H3;1-2H3/b5-4-,10-7+;. The van der Waals surface area contributed by atoms with E-state index in [4.69, 9.17) is 0 Å². The zero-order valence-electron chi connectivity index (χ0n) is 9.34. The maximum atomic E-state index is 9.99. The van der Waals surface area contributed by atoms with E-state index < -0.39 is 0 Å². The summed E-state index contributed by atoms with van der Waals surface area (Å²) in [5.41, 5.74) is 1.27. The van der Waals surface area contributed by atoms with Gasteiger partial charge in [-0.25, -0.2) is 0 Å². The van der Waals surface area contributed by atoms with Gasteiger partial charge in [0.05, 0.1) is 0 Å². The summed E-state index contributed by atoms with van der Waals surface area (Å²) >= 11 is 0. The molecule has 0 rings (SSSR count). The van der Waals surface area contributed by atoms with Gasteiger partial charge in [-0.1, -0.05) is 44.6 Å². The molecule has 0 amide bonds. The van der Waals surface area contributed by atoms with E-state index in [-0.39, 0.29) is 0 Å². The van der Waals surface area contributed by atoms with E-state index in [1.165, 1.54) is 5.57 Å². The van der Waals surface area contributed by atoms with Crippen molar-refractivity contribution in [1.29, 1.82) is 0 Å². The molecular formula is C12H22O. The first-order chi connectivity index (χ1) is 6.31. The van der Waals surface area contributed by atoms with Crippen LogP contribution in [0.4, 0.5) is 0 Å². The summed E-state index contributed by atoms with van der Waals surface area (Å²) in [5, 5.41) is 0. The van der Waals surface area contributed by atoms with Crippen LogP contribution in [-0.4, -0.2) is 6.29 Å². The van der Waals surface area contributed by atoms with Crippen molar-refractivity contribution in [1.82, 2.24) is 0 Å². The molecule has 0 N–H and O–H groups in total. The van der Waals surface area contributed by atoms with E-state index in [0.29, 0.717) is 6.42 Å². The zero-order valence-corrected chi connectivity index (χ0v) is 9.34. The lowest BCUT2D eigenvalue weighted by Crippen LogP contribution is -1.77. The van der Waals surface area contributed by atoms with Gasteiger partial charge in [-0.05, 0) is 19.8 Å². The second-order valence-electron chi connectivity index (χ2n) is 2.55. The van der Waals surface area contributed by atoms with Gasteiger partial charge >= 0.3 is 0 Å². The predicted molar refractivity (Wildman–Crippen MR) is 59.8 cm³/mol. The summed E-state index contributed by atoms with van der Waals surface area (Å²) in [6.07, 6.45) is 9.76. The van der Waals surface area contributed by atoms with Gasteiger partial charge in [0.1, 0.15) is 6.29 Å². The van der Waals surface area contributed by atoms with Gasteiger partial charge in [0, 0.05) is 6.42 Å². The molecule has 76 valence electrons. The molecule has 0 spiro atoms. The van der Waals surface area contributed by atoms with Crippen LogP contribution < -0.4 is 0 Å². The highest BCUT2D eigenvalue weighted by Gasteiger charge is 1.85. The minimum absolute atomic E-state index is 0.641. The van der Waals surface area contributed by atoms with Gasteiger partial charge in [0.2, 0.25) is 0 Å². The number of carbonyl (C=O) groups is 1. The fourth-order valence-corrected chi connectivity index (χ4v) is 0.738. The molecule has 0 aliphatic rings. The summed E-state index contributed by atoms with van der Waals surface area (Å²) < 4.78 is 0. The van der Waals surface area contributed by atoms with Gasteiger partial charge in [-0.2, -0.15) is 0 Å². The molecule has 1 nitrogen and oxygen atoms in total. The van der Waals surface area contributed by atoms with Crippen molar-refractivity contribution >= 4 is 6.29 Å². The topological polar surface area (TPSA) is 17.1 Å². The smallest absolute Gasteiger partial charge is 0.120 e. The Morgan fingerprint density at radius 1 is 1.31 bits per heavy atom. The summed E-state index contributed by atoms with van der Waals surface area (Å²) in [4.78, 5) is 9.99. The van der Waals surface area contributed by atoms with Crippen molar-refractivity contribution in [3.05, 3.63) is 23.8 Å². The van der Waals surface area contributed by atoms with Crippen LogP contribution in [0, 0.1) is 0 Å². The lowest BCUT2D eigenvalue weighted by molar-refractivity contribution is -0.107. The van der Waals surface area contributed by atoms with Crippen molar-refractivity contribution in [2.24, 2.45) is 0 Å². The van der Waals surface area contributed by atoms with Gasteiger partial charge in [0.25, 0.3) is 0 Å². The summed E-state index contributed by atoms with van der Waals surface area (Å²) in [7, 11) is 0. The molecule has 1 heteroatoms. The molecule has 0 aromatic carbocycles. The Balaban J connectivity index is 0. The van der Waals surface area contributed by atoms with Crippen LogP contribution in [0.25, 0.3) is 0 Å². The number of allylic oxidation sites excluding steroid dienone is 4. The molecule has 0 aliphatic carbocycles. The highest BCUT2D eigenvalue weighted by molar-refractivity contribution is 5.49. The number of rotatable bonds is 5. The van der Waals surface area contributed by atoms with Gasteiger partial charge in [0.15, 0.2) is 0 Å². The van der Waals surface area contributed by atoms with E-state index in [9.17, 15) is 4.79 Å². The predicted octanol–water partition coefficient (Wildman–Crippen LogP) is 3.90. The Bertz CT molecular complexity index is 155. The van der Waals surface area contributed by atoms with E-state index in [1.54, 1.807) is 0 Å². The number of aldehydes is 1. The Labute approximate surface area is 82.5 Å². The SMILES string of the molecule is CC.CC/C=C\C=C(/C)CCC=O. The monoisotopic (exact) mass is 182 g/mol. The largest absolute Gasteiger partial charge is 0.303 e. The fourth-order valence-electron chi connectivity index (χ4n) is 0.738. The molecule has 0 heterocycles. The summed E-state index contributed by atoms with van der Waals surface area (Å²) in [6.45, 7) is 8.15. The number of carbonyl (C=O) groups excluding carboxylic acids is 1. The van der Waals surface area contributed by atoms with Crippen molar-refractivity contribution < 1.29 is 4.79 Å². The Morgan fingerprint density at radius 3 is 2.38 bits per heavy atom. The minimum atomic E-state index is 0.641. The third-order valence-electron chi connectivity index (χ3n) is 1.41. The molecular weight excluding hydrogens is 160 g/mol. The maximum Gasteiger partial charge on any atom is 0.120 e. The maximum absolute atomic E-state index is 9.99. The lowest BCUT2D eigenvalue weighted by atomic mass is 10.1. The van der Waals surface area contributed by atoms with Crippen LogP contribution in [0.2, 0.25) is 0 Å². The average Bonchev–Trinajstić information content (AvgIpc) is 2.18. The van der Waals surface area contributed by atoms with Crippen LogP contribution in [0.3, 0.4) is 0 Å². The van der Waals surface area contributed by atoms with Crippen LogP contribution in [0.15, 0.2) is 23.8 Å². The van der Waals surface area contributed by atoms with E-state index in [1.807, 2.05) is 26.8 Å².